The number of carbonyl (C=O) groups is 1. The van der Waals surface area contributed by atoms with E-state index in [-0.39, 0.29) is 11.9 Å². The van der Waals surface area contributed by atoms with Gasteiger partial charge in [-0.05, 0) is 72.8 Å². The Morgan fingerprint density at radius 1 is 1.14 bits per heavy atom. The second kappa shape index (κ2) is 9.48. The average molecular weight is 471 g/mol. The van der Waals surface area contributed by atoms with Crippen LogP contribution in [0.2, 0.25) is 0 Å². The molecule has 1 amide bonds. The molecule has 35 heavy (non-hydrogen) atoms. The third-order valence-corrected chi connectivity index (χ3v) is 8.09. The van der Waals surface area contributed by atoms with Gasteiger partial charge in [0.25, 0.3) is 5.91 Å². The summed E-state index contributed by atoms with van der Waals surface area (Å²) in [5.74, 6) is 0.728. The molecule has 0 unspecified atom stereocenters. The van der Waals surface area contributed by atoms with Gasteiger partial charge in [0.1, 0.15) is 5.75 Å². The molecule has 0 aromatic heterocycles. The van der Waals surface area contributed by atoms with E-state index >= 15 is 0 Å². The molecule has 5 rings (SSSR count). The maximum Gasteiger partial charge on any atom is 0.251 e. The summed E-state index contributed by atoms with van der Waals surface area (Å²) in [5, 5.41) is 17.6. The molecule has 3 aromatic carbocycles. The van der Waals surface area contributed by atoms with Crippen molar-refractivity contribution < 1.29 is 14.6 Å². The number of rotatable bonds is 6. The first-order valence-corrected chi connectivity index (χ1v) is 12.5. The van der Waals surface area contributed by atoms with Crippen molar-refractivity contribution in [3.63, 3.8) is 0 Å². The summed E-state index contributed by atoms with van der Waals surface area (Å²) in [6, 6.07) is 22.0. The Kier molecular flexibility index (Phi) is 6.39. The number of methoxy groups -OCH3 is 1. The van der Waals surface area contributed by atoms with Crippen LogP contribution < -0.4 is 10.1 Å². The molecule has 2 N–H and O–H groups in total. The number of fused-ring (bicyclic) bond motifs is 2. The van der Waals surface area contributed by atoms with Crippen LogP contribution in [0.15, 0.2) is 79.4 Å². The first-order chi connectivity index (χ1) is 17.0. The molecule has 182 valence electrons. The molecule has 1 heterocycles. The van der Waals surface area contributed by atoms with Gasteiger partial charge in [0.2, 0.25) is 0 Å². The largest absolute Gasteiger partial charge is 0.497 e. The lowest BCUT2D eigenvalue weighted by molar-refractivity contribution is -0.123. The number of hydrogen-bond donors (Lipinski definition) is 2. The standard InChI is InChI=1S/C30H34N2O3/c1-3-16-32-17-15-29(25-9-6-10-27(19-25)35-2)20-26(13-14-30(29,34)21-32)31-28(33)24-12-11-22-7-4-5-8-23(22)18-24/h3-12,18-19,26,34H,1,13-17,20-21H2,2H3,(H,31,33)/t26-,29-,30-/m0/s1. The first-order valence-electron chi connectivity index (χ1n) is 12.5. The van der Waals surface area contributed by atoms with Crippen molar-refractivity contribution in [3.8, 4) is 5.75 Å². The number of ether oxygens (including phenoxy) is 1. The van der Waals surface area contributed by atoms with Gasteiger partial charge in [-0.15, -0.1) is 6.58 Å². The van der Waals surface area contributed by atoms with E-state index in [1.54, 1.807) is 7.11 Å². The lowest BCUT2D eigenvalue weighted by Crippen LogP contribution is -2.67. The van der Waals surface area contributed by atoms with Crippen molar-refractivity contribution in [2.24, 2.45) is 0 Å². The maximum atomic E-state index is 13.3. The highest BCUT2D eigenvalue weighted by Gasteiger charge is 2.57. The summed E-state index contributed by atoms with van der Waals surface area (Å²) in [7, 11) is 1.67. The Labute approximate surface area is 207 Å². The second-order valence-corrected chi connectivity index (χ2v) is 10.1. The summed E-state index contributed by atoms with van der Waals surface area (Å²) in [4.78, 5) is 15.5. The Morgan fingerprint density at radius 3 is 2.77 bits per heavy atom. The molecule has 3 atom stereocenters. The molecule has 3 aromatic rings. The van der Waals surface area contributed by atoms with Crippen molar-refractivity contribution in [2.45, 2.75) is 42.7 Å². The fourth-order valence-electron chi connectivity index (χ4n) is 6.24. The first kappa shape index (κ1) is 23.6. The molecule has 1 saturated carbocycles. The minimum atomic E-state index is -0.884. The SMILES string of the molecule is C=CCN1CC[C@@]2(c3cccc(OC)c3)C[C@@H](NC(=O)c3ccc4ccccc4c3)CC[C@]2(O)C1. The molecule has 5 heteroatoms. The number of amides is 1. The minimum absolute atomic E-state index is 0.0219. The fraction of sp³-hybridized carbons (Fsp3) is 0.367. The number of hydrogen-bond acceptors (Lipinski definition) is 4. The van der Waals surface area contributed by atoms with Crippen LogP contribution in [0.1, 0.15) is 41.6 Å². The van der Waals surface area contributed by atoms with Gasteiger partial charge in [0.05, 0.1) is 12.7 Å². The molecular formula is C30H34N2O3. The highest BCUT2D eigenvalue weighted by Crippen LogP contribution is 2.52. The van der Waals surface area contributed by atoms with Gasteiger partial charge in [-0.3, -0.25) is 9.69 Å². The molecular weight excluding hydrogens is 436 g/mol. The average Bonchev–Trinajstić information content (AvgIpc) is 2.88. The predicted octanol–water partition coefficient (Wildman–Crippen LogP) is 4.69. The molecule has 0 bridgehead atoms. The van der Waals surface area contributed by atoms with E-state index in [2.05, 4.69) is 35.0 Å². The topological polar surface area (TPSA) is 61.8 Å². The summed E-state index contributed by atoms with van der Waals surface area (Å²) < 4.78 is 5.52. The zero-order chi connectivity index (χ0) is 24.5. The quantitative estimate of drug-likeness (QED) is 0.513. The van der Waals surface area contributed by atoms with Gasteiger partial charge in [-0.25, -0.2) is 0 Å². The van der Waals surface area contributed by atoms with E-state index in [1.165, 1.54) is 0 Å². The molecule has 2 fully saturated rings. The lowest BCUT2D eigenvalue weighted by Gasteiger charge is -2.58. The second-order valence-electron chi connectivity index (χ2n) is 10.1. The van der Waals surface area contributed by atoms with Crippen LogP contribution in [-0.2, 0) is 5.41 Å². The fourth-order valence-corrected chi connectivity index (χ4v) is 6.24. The van der Waals surface area contributed by atoms with Crippen molar-refractivity contribution in [3.05, 3.63) is 90.5 Å². The summed E-state index contributed by atoms with van der Waals surface area (Å²) in [6.07, 6.45) is 4.77. The Balaban J connectivity index is 1.43. The molecule has 0 radical (unpaired) electrons. The van der Waals surface area contributed by atoms with Crippen molar-refractivity contribution in [2.75, 3.05) is 26.7 Å². The smallest absolute Gasteiger partial charge is 0.251 e. The van der Waals surface area contributed by atoms with Gasteiger partial charge in [0.15, 0.2) is 0 Å². The van der Waals surface area contributed by atoms with E-state index in [0.717, 1.165) is 48.0 Å². The van der Waals surface area contributed by atoms with Crippen molar-refractivity contribution in [1.82, 2.24) is 10.2 Å². The highest BCUT2D eigenvalue weighted by molar-refractivity contribution is 5.98. The monoisotopic (exact) mass is 470 g/mol. The van der Waals surface area contributed by atoms with Gasteiger partial charge in [0, 0.05) is 30.1 Å². The van der Waals surface area contributed by atoms with E-state index in [9.17, 15) is 9.90 Å². The number of likely N-dealkylation sites (tertiary alicyclic amines) is 1. The number of nitrogens with zero attached hydrogens (tertiary/aromatic N) is 1. The normalized spacial score (nSPS) is 26.6. The summed E-state index contributed by atoms with van der Waals surface area (Å²) >= 11 is 0. The Bertz CT molecular complexity index is 1240. The maximum absolute atomic E-state index is 13.3. The van der Waals surface area contributed by atoms with Crippen molar-refractivity contribution in [1.29, 1.82) is 0 Å². The van der Waals surface area contributed by atoms with E-state index in [0.29, 0.717) is 24.9 Å². The van der Waals surface area contributed by atoms with Gasteiger partial charge >= 0.3 is 0 Å². The lowest BCUT2D eigenvalue weighted by atomic mass is 9.55. The van der Waals surface area contributed by atoms with Crippen LogP contribution in [0.3, 0.4) is 0 Å². The van der Waals surface area contributed by atoms with Crippen LogP contribution in [0, 0.1) is 0 Å². The van der Waals surface area contributed by atoms with Crippen LogP contribution in [0.4, 0.5) is 0 Å². The molecule has 1 saturated heterocycles. The molecule has 1 aliphatic carbocycles. The summed E-state index contributed by atoms with van der Waals surface area (Å²) in [5.41, 5.74) is 0.409. The zero-order valence-electron chi connectivity index (χ0n) is 20.4. The van der Waals surface area contributed by atoms with Crippen LogP contribution in [0.25, 0.3) is 10.8 Å². The molecule has 5 nitrogen and oxygen atoms in total. The van der Waals surface area contributed by atoms with Crippen molar-refractivity contribution >= 4 is 16.7 Å². The highest BCUT2D eigenvalue weighted by atomic mass is 16.5. The minimum Gasteiger partial charge on any atom is -0.497 e. The molecule has 2 aliphatic rings. The molecule has 0 spiro atoms. The Morgan fingerprint density at radius 2 is 1.97 bits per heavy atom. The van der Waals surface area contributed by atoms with E-state index in [1.807, 2.05) is 54.6 Å². The number of carbonyl (C=O) groups excluding carboxylic acids is 1. The number of β-amino-alcohol motifs (C(OH)–C–C–N with tert-alkyl or cyclic N) is 1. The van der Waals surface area contributed by atoms with Crippen LogP contribution >= 0.6 is 0 Å². The number of benzene rings is 3. The van der Waals surface area contributed by atoms with E-state index < -0.39 is 11.0 Å². The Hall–Kier alpha value is -3.15. The van der Waals surface area contributed by atoms with Gasteiger partial charge in [-0.2, -0.15) is 0 Å². The van der Waals surface area contributed by atoms with E-state index in [4.69, 9.17) is 4.74 Å². The number of aliphatic hydroxyl groups is 1. The van der Waals surface area contributed by atoms with Crippen LogP contribution in [0.5, 0.6) is 5.75 Å². The third kappa shape index (κ3) is 4.35. The zero-order valence-corrected chi connectivity index (χ0v) is 20.4. The number of piperidine rings is 1. The predicted molar refractivity (Wildman–Crippen MR) is 140 cm³/mol. The number of nitrogens with one attached hydrogen (secondary N) is 1. The van der Waals surface area contributed by atoms with Crippen LogP contribution in [-0.4, -0.2) is 54.3 Å². The van der Waals surface area contributed by atoms with Gasteiger partial charge in [-0.1, -0.05) is 48.5 Å². The third-order valence-electron chi connectivity index (χ3n) is 8.09. The van der Waals surface area contributed by atoms with Gasteiger partial charge < -0.3 is 15.2 Å². The summed E-state index contributed by atoms with van der Waals surface area (Å²) in [6.45, 7) is 6.12. The molecule has 1 aliphatic heterocycles.